The average Bonchev–Trinajstić information content (AvgIpc) is 2.99. The van der Waals surface area contributed by atoms with E-state index in [-0.39, 0.29) is 5.82 Å². The Labute approximate surface area is 130 Å². The summed E-state index contributed by atoms with van der Waals surface area (Å²) in [6, 6.07) is 10.2. The van der Waals surface area contributed by atoms with Crippen molar-refractivity contribution in [2.24, 2.45) is 0 Å². The summed E-state index contributed by atoms with van der Waals surface area (Å²) in [6.45, 7) is 0. The van der Waals surface area contributed by atoms with E-state index >= 15 is 0 Å². The zero-order valence-corrected chi connectivity index (χ0v) is 11.9. The first-order valence-corrected chi connectivity index (χ1v) is 6.90. The second-order valence-electron chi connectivity index (χ2n) is 4.94. The Balaban J connectivity index is 1.81. The summed E-state index contributed by atoms with van der Waals surface area (Å²) >= 11 is 0. The number of hydrogen-bond acceptors (Lipinski definition) is 5. The third-order valence-electron chi connectivity index (χ3n) is 3.43. The van der Waals surface area contributed by atoms with Crippen LogP contribution in [0.3, 0.4) is 0 Å². The van der Waals surface area contributed by atoms with E-state index in [1.165, 1.54) is 12.3 Å². The summed E-state index contributed by atoms with van der Waals surface area (Å²) in [5, 5.41) is 4.45. The van der Waals surface area contributed by atoms with Gasteiger partial charge in [0.1, 0.15) is 11.6 Å². The topological polar surface area (TPSA) is 82.0 Å². The molecular weight excluding hydrogens is 295 g/mol. The number of anilines is 1. The molecule has 6 nitrogen and oxygen atoms in total. The van der Waals surface area contributed by atoms with Gasteiger partial charge >= 0.3 is 0 Å². The second kappa shape index (κ2) is 5.13. The normalized spacial score (nSPS) is 11.0. The number of pyridine rings is 2. The lowest BCUT2D eigenvalue weighted by molar-refractivity contribution is 0.622. The van der Waals surface area contributed by atoms with E-state index in [1.807, 2.05) is 12.1 Å². The van der Waals surface area contributed by atoms with Crippen molar-refractivity contribution in [2.45, 2.75) is 0 Å². The van der Waals surface area contributed by atoms with E-state index in [1.54, 1.807) is 35.1 Å². The first-order chi connectivity index (χ1) is 11.2. The highest BCUT2D eigenvalue weighted by molar-refractivity contribution is 5.73. The molecule has 112 valence electrons. The van der Waals surface area contributed by atoms with Crippen molar-refractivity contribution in [1.29, 1.82) is 0 Å². The molecule has 4 rings (SSSR count). The minimum absolute atomic E-state index is 0.381. The molecule has 0 aliphatic heterocycles. The standard InChI is InChI=1S/C16H11FN6/c17-10-3-4-12(20-9-10)13-5-7-23-15(21-13)8-14(22-23)11-2-1-6-19-16(11)18/h1-9H,(H2,18,19). The number of hydrogen-bond donors (Lipinski definition) is 1. The summed E-state index contributed by atoms with van der Waals surface area (Å²) in [5.41, 5.74) is 9.20. The van der Waals surface area contributed by atoms with E-state index in [0.29, 0.717) is 28.5 Å². The molecule has 4 aromatic rings. The quantitative estimate of drug-likeness (QED) is 0.615. The van der Waals surface area contributed by atoms with Gasteiger partial charge in [-0.25, -0.2) is 18.9 Å². The molecule has 2 N–H and O–H groups in total. The third kappa shape index (κ3) is 2.38. The number of rotatable bonds is 2. The van der Waals surface area contributed by atoms with E-state index in [2.05, 4.69) is 20.1 Å². The smallest absolute Gasteiger partial charge is 0.156 e. The lowest BCUT2D eigenvalue weighted by Crippen LogP contribution is -1.94. The molecule has 0 amide bonds. The molecule has 0 aromatic carbocycles. The Morgan fingerprint density at radius 1 is 1.00 bits per heavy atom. The first-order valence-electron chi connectivity index (χ1n) is 6.90. The number of nitrogens with two attached hydrogens (primary N) is 1. The van der Waals surface area contributed by atoms with Gasteiger partial charge in [0.2, 0.25) is 0 Å². The monoisotopic (exact) mass is 306 g/mol. The van der Waals surface area contributed by atoms with Gasteiger partial charge in [0.15, 0.2) is 5.65 Å². The van der Waals surface area contributed by atoms with Crippen molar-refractivity contribution < 1.29 is 4.39 Å². The van der Waals surface area contributed by atoms with Crippen LogP contribution >= 0.6 is 0 Å². The largest absolute Gasteiger partial charge is 0.383 e. The third-order valence-corrected chi connectivity index (χ3v) is 3.43. The maximum atomic E-state index is 13.0. The fourth-order valence-electron chi connectivity index (χ4n) is 2.32. The summed E-state index contributed by atoms with van der Waals surface area (Å²) < 4.78 is 14.6. The number of fused-ring (bicyclic) bond motifs is 1. The summed E-state index contributed by atoms with van der Waals surface area (Å²) in [7, 11) is 0. The molecule has 0 aliphatic rings. The highest BCUT2D eigenvalue weighted by Gasteiger charge is 2.10. The SMILES string of the molecule is Nc1ncccc1-c1cc2nc(-c3ccc(F)cn3)ccn2n1. The van der Waals surface area contributed by atoms with Gasteiger partial charge < -0.3 is 5.73 Å². The van der Waals surface area contributed by atoms with Gasteiger partial charge in [-0.15, -0.1) is 0 Å². The van der Waals surface area contributed by atoms with Gasteiger partial charge in [0.05, 0.1) is 23.3 Å². The molecule has 0 aliphatic carbocycles. The molecule has 0 spiro atoms. The van der Waals surface area contributed by atoms with Gasteiger partial charge in [-0.1, -0.05) is 0 Å². The average molecular weight is 306 g/mol. The van der Waals surface area contributed by atoms with E-state index in [4.69, 9.17) is 5.73 Å². The van der Waals surface area contributed by atoms with Gasteiger partial charge in [-0.2, -0.15) is 5.10 Å². The van der Waals surface area contributed by atoms with Crippen molar-refractivity contribution in [3.63, 3.8) is 0 Å². The molecule has 0 fully saturated rings. The molecule has 0 unspecified atom stereocenters. The van der Waals surface area contributed by atoms with Gasteiger partial charge in [-0.05, 0) is 30.3 Å². The molecule has 0 atom stereocenters. The molecular formula is C16H11FN6. The predicted octanol–water partition coefficient (Wildman–Crippen LogP) is 2.57. The summed E-state index contributed by atoms with van der Waals surface area (Å²) in [4.78, 5) is 12.6. The van der Waals surface area contributed by atoms with Crippen molar-refractivity contribution in [3.05, 3.63) is 60.8 Å². The fraction of sp³-hybridized carbons (Fsp3) is 0. The Kier molecular flexibility index (Phi) is 2.97. The van der Waals surface area contributed by atoms with Crippen molar-refractivity contribution in [1.82, 2.24) is 24.6 Å². The second-order valence-corrected chi connectivity index (χ2v) is 4.94. The maximum Gasteiger partial charge on any atom is 0.156 e. The van der Waals surface area contributed by atoms with Gasteiger partial charge in [0, 0.05) is 24.0 Å². The Hall–Kier alpha value is -3.35. The number of nitrogens with zero attached hydrogens (tertiary/aromatic N) is 5. The number of halogens is 1. The molecule has 0 radical (unpaired) electrons. The molecule has 4 aromatic heterocycles. The van der Waals surface area contributed by atoms with Gasteiger partial charge in [0.25, 0.3) is 0 Å². The van der Waals surface area contributed by atoms with Crippen molar-refractivity contribution in [2.75, 3.05) is 5.73 Å². The molecule has 4 heterocycles. The predicted molar refractivity (Wildman–Crippen MR) is 83.8 cm³/mol. The minimum Gasteiger partial charge on any atom is -0.383 e. The van der Waals surface area contributed by atoms with Crippen LogP contribution < -0.4 is 5.73 Å². The van der Waals surface area contributed by atoms with Crippen LogP contribution in [0.15, 0.2) is 55.0 Å². The molecule has 0 bridgehead atoms. The maximum absolute atomic E-state index is 13.0. The Bertz CT molecular complexity index is 993. The Morgan fingerprint density at radius 2 is 1.91 bits per heavy atom. The molecule has 0 saturated carbocycles. The van der Waals surface area contributed by atoms with E-state index in [9.17, 15) is 4.39 Å². The van der Waals surface area contributed by atoms with Crippen LogP contribution in [0.1, 0.15) is 0 Å². The lowest BCUT2D eigenvalue weighted by Gasteiger charge is -2.00. The Morgan fingerprint density at radius 3 is 2.70 bits per heavy atom. The van der Waals surface area contributed by atoms with Crippen LogP contribution in [0.4, 0.5) is 10.2 Å². The van der Waals surface area contributed by atoms with Crippen LogP contribution in [-0.2, 0) is 0 Å². The number of nitrogen functional groups attached to an aromatic ring is 1. The highest BCUT2D eigenvalue weighted by Crippen LogP contribution is 2.24. The van der Waals surface area contributed by atoms with Crippen LogP contribution in [0, 0.1) is 5.82 Å². The van der Waals surface area contributed by atoms with Gasteiger partial charge in [-0.3, -0.25) is 4.98 Å². The lowest BCUT2D eigenvalue weighted by atomic mass is 10.2. The van der Waals surface area contributed by atoms with Crippen LogP contribution in [-0.4, -0.2) is 24.6 Å². The fourth-order valence-corrected chi connectivity index (χ4v) is 2.32. The zero-order chi connectivity index (χ0) is 15.8. The summed E-state index contributed by atoms with van der Waals surface area (Å²) in [5.74, 6) is 0.0323. The molecule has 7 heteroatoms. The number of aromatic nitrogens is 5. The molecule has 0 saturated heterocycles. The first kappa shape index (κ1) is 13.3. The minimum atomic E-state index is -0.381. The highest BCUT2D eigenvalue weighted by atomic mass is 19.1. The summed E-state index contributed by atoms with van der Waals surface area (Å²) in [6.07, 6.45) is 4.57. The van der Waals surface area contributed by atoms with Crippen molar-refractivity contribution >= 4 is 11.5 Å². The molecule has 23 heavy (non-hydrogen) atoms. The van der Waals surface area contributed by atoms with Crippen LogP contribution in [0.2, 0.25) is 0 Å². The van der Waals surface area contributed by atoms with Crippen LogP contribution in [0.25, 0.3) is 28.3 Å². The van der Waals surface area contributed by atoms with E-state index in [0.717, 1.165) is 5.56 Å². The van der Waals surface area contributed by atoms with Crippen LogP contribution in [0.5, 0.6) is 0 Å². The van der Waals surface area contributed by atoms with E-state index < -0.39 is 0 Å². The van der Waals surface area contributed by atoms with Crippen molar-refractivity contribution in [3.8, 4) is 22.6 Å². The zero-order valence-electron chi connectivity index (χ0n) is 11.9.